The van der Waals surface area contributed by atoms with Crippen LogP contribution in [0.1, 0.15) is 31.2 Å². The zero-order valence-corrected chi connectivity index (χ0v) is 12.2. The number of hydrogen-bond acceptors (Lipinski definition) is 2. The predicted molar refractivity (Wildman–Crippen MR) is 80.5 cm³/mol. The second-order valence-electron chi connectivity index (χ2n) is 6.06. The van der Waals surface area contributed by atoms with Crippen LogP contribution < -0.4 is 5.32 Å². The Bertz CT molecular complexity index is 417. The first-order valence-corrected chi connectivity index (χ1v) is 7.87. The minimum atomic E-state index is 0.827. The van der Waals surface area contributed by atoms with Gasteiger partial charge in [-0.15, -0.1) is 0 Å². The van der Waals surface area contributed by atoms with E-state index in [4.69, 9.17) is 11.6 Å². The maximum atomic E-state index is 6.05. The first kappa shape index (κ1) is 13.4. The van der Waals surface area contributed by atoms with Crippen molar-refractivity contribution in [3.05, 3.63) is 34.9 Å². The summed E-state index contributed by atoms with van der Waals surface area (Å²) in [7, 11) is 0. The van der Waals surface area contributed by atoms with Crippen LogP contribution in [0.15, 0.2) is 24.3 Å². The van der Waals surface area contributed by atoms with E-state index < -0.39 is 0 Å². The number of halogens is 1. The lowest BCUT2D eigenvalue weighted by molar-refractivity contribution is 0.165. The molecule has 0 bridgehead atoms. The summed E-state index contributed by atoms with van der Waals surface area (Å²) in [5.41, 5.74) is 1.34. The third kappa shape index (κ3) is 4.20. The first-order chi connectivity index (χ1) is 9.29. The Hall–Kier alpha value is -0.570. The molecule has 0 spiro atoms. The molecule has 1 aliphatic heterocycles. The molecule has 2 nitrogen and oxygen atoms in total. The van der Waals surface area contributed by atoms with E-state index in [2.05, 4.69) is 22.3 Å². The first-order valence-electron chi connectivity index (χ1n) is 7.50. The van der Waals surface area contributed by atoms with Crippen molar-refractivity contribution >= 4 is 11.6 Å². The highest BCUT2D eigenvalue weighted by Gasteiger charge is 2.24. The van der Waals surface area contributed by atoms with E-state index in [9.17, 15) is 0 Å². The van der Waals surface area contributed by atoms with Crippen LogP contribution in [0.4, 0.5) is 0 Å². The van der Waals surface area contributed by atoms with Crippen LogP contribution in [-0.4, -0.2) is 30.6 Å². The molecule has 1 saturated heterocycles. The maximum absolute atomic E-state index is 6.05. The van der Waals surface area contributed by atoms with Crippen molar-refractivity contribution in [3.8, 4) is 0 Å². The van der Waals surface area contributed by atoms with E-state index >= 15 is 0 Å². The minimum absolute atomic E-state index is 0.827. The van der Waals surface area contributed by atoms with Crippen LogP contribution in [0, 0.1) is 5.92 Å². The molecule has 0 radical (unpaired) electrons. The van der Waals surface area contributed by atoms with Gasteiger partial charge in [0.2, 0.25) is 0 Å². The molecule has 1 aliphatic carbocycles. The fourth-order valence-electron chi connectivity index (χ4n) is 2.98. The third-order valence-corrected chi connectivity index (χ3v) is 4.41. The van der Waals surface area contributed by atoms with E-state index in [0.29, 0.717) is 0 Å². The molecule has 1 N–H and O–H groups in total. The van der Waals surface area contributed by atoms with Gasteiger partial charge in [0.25, 0.3) is 0 Å². The molecule has 1 unspecified atom stereocenters. The molecule has 19 heavy (non-hydrogen) atoms. The van der Waals surface area contributed by atoms with Crippen molar-refractivity contribution in [2.24, 2.45) is 5.92 Å². The molecular formula is C16H23ClN2. The number of piperidine rings is 1. The van der Waals surface area contributed by atoms with Gasteiger partial charge in [0, 0.05) is 24.2 Å². The summed E-state index contributed by atoms with van der Waals surface area (Å²) in [5, 5.41) is 4.52. The Labute approximate surface area is 121 Å². The van der Waals surface area contributed by atoms with Crippen molar-refractivity contribution in [2.75, 3.05) is 19.6 Å². The SMILES string of the molecule is Clc1cccc(CN2CCCC(CNC3CC3)C2)c1. The zero-order chi connectivity index (χ0) is 13.1. The van der Waals surface area contributed by atoms with Gasteiger partial charge in [-0.3, -0.25) is 4.90 Å². The molecule has 1 heterocycles. The highest BCUT2D eigenvalue weighted by Crippen LogP contribution is 2.22. The fraction of sp³-hybridized carbons (Fsp3) is 0.625. The molecular weight excluding hydrogens is 256 g/mol. The van der Waals surface area contributed by atoms with Crippen LogP contribution in [0.25, 0.3) is 0 Å². The largest absolute Gasteiger partial charge is 0.314 e. The molecule has 2 aliphatic rings. The third-order valence-electron chi connectivity index (χ3n) is 4.17. The lowest BCUT2D eigenvalue weighted by Crippen LogP contribution is -2.39. The summed E-state index contributed by atoms with van der Waals surface area (Å²) in [4.78, 5) is 2.58. The summed E-state index contributed by atoms with van der Waals surface area (Å²) < 4.78 is 0. The number of benzene rings is 1. The second-order valence-corrected chi connectivity index (χ2v) is 6.49. The van der Waals surface area contributed by atoms with Crippen molar-refractivity contribution in [1.82, 2.24) is 10.2 Å². The molecule has 0 amide bonds. The molecule has 104 valence electrons. The average Bonchev–Trinajstić information content (AvgIpc) is 3.21. The average molecular weight is 279 g/mol. The van der Waals surface area contributed by atoms with Gasteiger partial charge in [0.05, 0.1) is 0 Å². The van der Waals surface area contributed by atoms with E-state index in [1.165, 1.54) is 50.9 Å². The number of nitrogens with zero attached hydrogens (tertiary/aromatic N) is 1. The summed E-state index contributed by atoms with van der Waals surface area (Å²) in [5.74, 6) is 0.827. The van der Waals surface area contributed by atoms with Gasteiger partial charge in [-0.1, -0.05) is 23.7 Å². The van der Waals surface area contributed by atoms with Gasteiger partial charge in [-0.2, -0.15) is 0 Å². The molecule has 0 aromatic heterocycles. The quantitative estimate of drug-likeness (QED) is 0.889. The molecule has 1 aromatic carbocycles. The van der Waals surface area contributed by atoms with Crippen molar-refractivity contribution in [3.63, 3.8) is 0 Å². The van der Waals surface area contributed by atoms with Gasteiger partial charge in [-0.05, 0) is 62.4 Å². The molecule has 3 heteroatoms. The van der Waals surface area contributed by atoms with E-state index in [1.54, 1.807) is 0 Å². The second kappa shape index (κ2) is 6.25. The zero-order valence-electron chi connectivity index (χ0n) is 11.4. The van der Waals surface area contributed by atoms with Crippen LogP contribution in [0.3, 0.4) is 0 Å². The number of likely N-dealkylation sites (tertiary alicyclic amines) is 1. The Morgan fingerprint density at radius 1 is 1.26 bits per heavy atom. The van der Waals surface area contributed by atoms with Crippen LogP contribution >= 0.6 is 11.6 Å². The number of rotatable bonds is 5. The van der Waals surface area contributed by atoms with Crippen LogP contribution in [0.5, 0.6) is 0 Å². The smallest absolute Gasteiger partial charge is 0.0409 e. The number of hydrogen-bond donors (Lipinski definition) is 1. The van der Waals surface area contributed by atoms with Crippen molar-refractivity contribution < 1.29 is 0 Å². The Kier molecular flexibility index (Phi) is 4.42. The van der Waals surface area contributed by atoms with Crippen LogP contribution in [-0.2, 0) is 6.54 Å². The fourth-order valence-corrected chi connectivity index (χ4v) is 3.19. The van der Waals surface area contributed by atoms with Gasteiger partial charge in [-0.25, -0.2) is 0 Å². The predicted octanol–water partition coefficient (Wildman–Crippen LogP) is 3.30. The summed E-state index contributed by atoms with van der Waals surface area (Å²) in [6, 6.07) is 9.10. The van der Waals surface area contributed by atoms with E-state index in [-0.39, 0.29) is 0 Å². The van der Waals surface area contributed by atoms with Gasteiger partial charge >= 0.3 is 0 Å². The lowest BCUT2D eigenvalue weighted by Gasteiger charge is -2.33. The van der Waals surface area contributed by atoms with Gasteiger partial charge in [0.15, 0.2) is 0 Å². The highest BCUT2D eigenvalue weighted by atomic mass is 35.5. The standard InChI is InChI=1S/C16H23ClN2/c17-15-5-1-3-13(9-15)11-19-8-2-4-14(12-19)10-18-16-6-7-16/h1,3,5,9,14,16,18H,2,4,6-8,10-12H2. The molecule has 1 atom stereocenters. The van der Waals surface area contributed by atoms with Gasteiger partial charge in [0.1, 0.15) is 0 Å². The molecule has 3 rings (SSSR count). The summed E-state index contributed by atoms with van der Waals surface area (Å²) >= 11 is 6.05. The normalized spacial score (nSPS) is 24.6. The number of nitrogens with one attached hydrogen (secondary N) is 1. The molecule has 2 fully saturated rings. The van der Waals surface area contributed by atoms with Crippen LogP contribution in [0.2, 0.25) is 5.02 Å². The maximum Gasteiger partial charge on any atom is 0.0409 e. The Morgan fingerprint density at radius 2 is 2.16 bits per heavy atom. The van der Waals surface area contributed by atoms with Crippen molar-refractivity contribution in [1.29, 1.82) is 0 Å². The Morgan fingerprint density at radius 3 is 2.95 bits per heavy atom. The summed E-state index contributed by atoms with van der Waals surface area (Å²) in [6.07, 6.45) is 5.49. The highest BCUT2D eigenvalue weighted by molar-refractivity contribution is 6.30. The van der Waals surface area contributed by atoms with Gasteiger partial charge < -0.3 is 5.32 Å². The minimum Gasteiger partial charge on any atom is -0.314 e. The van der Waals surface area contributed by atoms with E-state index in [0.717, 1.165) is 23.5 Å². The summed E-state index contributed by atoms with van der Waals surface area (Å²) in [6.45, 7) is 4.70. The molecule has 1 saturated carbocycles. The van der Waals surface area contributed by atoms with Crippen molar-refractivity contribution in [2.45, 2.75) is 38.3 Å². The Balaban J connectivity index is 1.49. The molecule has 1 aromatic rings. The topological polar surface area (TPSA) is 15.3 Å². The lowest BCUT2D eigenvalue weighted by atomic mass is 9.97. The van der Waals surface area contributed by atoms with E-state index in [1.807, 2.05) is 12.1 Å². The monoisotopic (exact) mass is 278 g/mol.